The first-order valence-electron chi connectivity index (χ1n) is 8.01. The number of benzene rings is 2. The third kappa shape index (κ3) is 3.46. The van der Waals surface area contributed by atoms with Crippen molar-refractivity contribution in [1.82, 2.24) is 0 Å². The number of aromatic nitrogens is 1. The quantitative estimate of drug-likeness (QED) is 0.427. The fourth-order valence-corrected chi connectivity index (χ4v) is 4.09. The van der Waals surface area contributed by atoms with Gasteiger partial charge in [-0.15, -0.1) is 0 Å². The molecule has 126 valence electrons. The van der Waals surface area contributed by atoms with Gasteiger partial charge in [0.15, 0.2) is 0 Å². The number of halogens is 1. The number of para-hydroxylation sites is 2. The molecule has 0 spiro atoms. The highest BCUT2D eigenvalue weighted by Gasteiger charge is 2.20. The van der Waals surface area contributed by atoms with Crippen LogP contribution in [0.2, 0.25) is 0 Å². The third-order valence-electron chi connectivity index (χ3n) is 4.40. The smallest absolute Gasteiger partial charge is 0.212 e. The fourth-order valence-electron chi connectivity index (χ4n) is 3.02. The Morgan fingerprint density at radius 3 is 2.56 bits per heavy atom. The van der Waals surface area contributed by atoms with Crippen molar-refractivity contribution in [2.75, 3.05) is 11.9 Å². The minimum absolute atomic E-state index is 0. The molecule has 0 saturated heterocycles. The van der Waals surface area contributed by atoms with Gasteiger partial charge in [0.1, 0.15) is 7.05 Å². The molecule has 0 radical (unpaired) electrons. The molecule has 25 heavy (non-hydrogen) atoms. The number of aryl methyl sites for hydroxylation is 1. The first kappa shape index (κ1) is 18.0. The molecule has 1 aromatic heterocycles. The second kappa shape index (κ2) is 7.62. The van der Waals surface area contributed by atoms with Gasteiger partial charge in [0.2, 0.25) is 11.2 Å². The molecule has 1 aliphatic heterocycles. The van der Waals surface area contributed by atoms with Crippen molar-refractivity contribution in [3.63, 3.8) is 0 Å². The monoisotopic (exact) mass is 458 g/mol. The van der Waals surface area contributed by atoms with Crippen LogP contribution in [0.5, 0.6) is 0 Å². The lowest BCUT2D eigenvalue weighted by molar-refractivity contribution is -0.646. The highest BCUT2D eigenvalue weighted by atomic mass is 127. The molecule has 0 fully saturated rings. The number of fused-ring (bicyclic) bond motifs is 2. The highest BCUT2D eigenvalue weighted by Crippen LogP contribution is 2.44. The zero-order valence-electron chi connectivity index (χ0n) is 14.2. The topological polar surface area (TPSA) is 7.12 Å². The maximum atomic E-state index is 2.24. The van der Waals surface area contributed by atoms with Crippen LogP contribution in [0.3, 0.4) is 0 Å². The van der Waals surface area contributed by atoms with Crippen molar-refractivity contribution < 1.29 is 28.5 Å². The molecule has 2 heterocycles. The Labute approximate surface area is 169 Å². The molecule has 3 aromatic rings. The Kier molecular flexibility index (Phi) is 5.49. The minimum Gasteiger partial charge on any atom is -1.00 e. The van der Waals surface area contributed by atoms with E-state index >= 15 is 0 Å². The van der Waals surface area contributed by atoms with E-state index in [0.29, 0.717) is 0 Å². The molecule has 0 amide bonds. The number of nitrogens with zero attached hydrogens (tertiary/aromatic N) is 2. The van der Waals surface area contributed by atoms with Gasteiger partial charge in [-0.1, -0.05) is 42.1 Å². The number of hydrogen-bond acceptors (Lipinski definition) is 2. The minimum atomic E-state index is 0. The molecule has 2 aromatic carbocycles. The average Bonchev–Trinajstić information content (AvgIpc) is 2.94. The Balaban J connectivity index is 0.00000182. The van der Waals surface area contributed by atoms with Gasteiger partial charge in [-0.2, -0.15) is 4.57 Å². The lowest BCUT2D eigenvalue weighted by atomic mass is 10.2. The number of pyridine rings is 1. The summed E-state index contributed by atoms with van der Waals surface area (Å²) in [5, 5.41) is 2.51. The average molecular weight is 458 g/mol. The van der Waals surface area contributed by atoms with Crippen molar-refractivity contribution in [2.24, 2.45) is 7.05 Å². The zero-order valence-corrected chi connectivity index (χ0v) is 17.2. The predicted molar refractivity (Wildman–Crippen MR) is 103 cm³/mol. The number of anilines is 1. The summed E-state index contributed by atoms with van der Waals surface area (Å²) in [6, 6.07) is 21.3. The summed E-state index contributed by atoms with van der Waals surface area (Å²) >= 11 is 1.82. The van der Waals surface area contributed by atoms with E-state index in [-0.39, 0.29) is 24.0 Å². The fraction of sp³-hybridized carbons (Fsp3) is 0.0952. The molecule has 0 aliphatic carbocycles. The summed E-state index contributed by atoms with van der Waals surface area (Å²) < 4.78 is 2.23. The standard InChI is InChI=1S/C21H19N2S.HI/c1-22-17(15-14-16-8-3-4-10-18(16)22)9-7-13-21-23(2)19-11-5-6-12-20(19)24-21;/h3-15H,1-2H3;1H/q+1;/p-1. The van der Waals surface area contributed by atoms with Crippen molar-refractivity contribution in [1.29, 1.82) is 0 Å². The molecule has 4 heteroatoms. The predicted octanol–water partition coefficient (Wildman–Crippen LogP) is 1.76. The largest absolute Gasteiger partial charge is 1.00 e. The normalized spacial score (nSPS) is 15.0. The Morgan fingerprint density at radius 1 is 0.960 bits per heavy atom. The summed E-state index contributed by atoms with van der Waals surface area (Å²) in [5.41, 5.74) is 3.71. The number of rotatable bonds is 2. The Hall–Kier alpha value is -1.79. The molecule has 1 aliphatic rings. The van der Waals surface area contributed by atoms with E-state index < -0.39 is 0 Å². The SMILES string of the molecule is CN1C(=CC=Cc2ccc3ccccc3[n+]2C)Sc2ccccc21.[I-]. The van der Waals surface area contributed by atoms with Gasteiger partial charge in [0.25, 0.3) is 0 Å². The van der Waals surface area contributed by atoms with E-state index in [1.807, 2.05) is 11.8 Å². The van der Waals surface area contributed by atoms with Crippen LogP contribution in [0.25, 0.3) is 17.0 Å². The van der Waals surface area contributed by atoms with Gasteiger partial charge in [0.05, 0.1) is 10.7 Å². The van der Waals surface area contributed by atoms with Crippen LogP contribution in [-0.2, 0) is 7.05 Å². The number of thioether (sulfide) groups is 1. The van der Waals surface area contributed by atoms with E-state index in [1.54, 1.807) is 0 Å². The Bertz CT molecular complexity index is 979. The van der Waals surface area contributed by atoms with Crippen molar-refractivity contribution in [3.8, 4) is 0 Å². The molecular weight excluding hydrogens is 439 g/mol. The first-order valence-corrected chi connectivity index (χ1v) is 8.82. The molecule has 4 rings (SSSR count). The van der Waals surface area contributed by atoms with Crippen LogP contribution >= 0.6 is 11.8 Å². The van der Waals surface area contributed by atoms with Crippen LogP contribution in [0, 0.1) is 0 Å². The summed E-state index contributed by atoms with van der Waals surface area (Å²) in [7, 11) is 4.23. The summed E-state index contributed by atoms with van der Waals surface area (Å²) in [4.78, 5) is 3.56. The van der Waals surface area contributed by atoms with Gasteiger partial charge < -0.3 is 28.9 Å². The van der Waals surface area contributed by atoms with E-state index in [9.17, 15) is 0 Å². The van der Waals surface area contributed by atoms with Gasteiger partial charge in [-0.3, -0.25) is 0 Å². The molecule has 0 atom stereocenters. The van der Waals surface area contributed by atoms with Crippen LogP contribution in [0.4, 0.5) is 5.69 Å². The van der Waals surface area contributed by atoms with Crippen LogP contribution in [-0.4, -0.2) is 7.05 Å². The van der Waals surface area contributed by atoms with Crippen LogP contribution in [0.1, 0.15) is 5.69 Å². The summed E-state index contributed by atoms with van der Waals surface area (Å²) in [6.07, 6.45) is 6.48. The summed E-state index contributed by atoms with van der Waals surface area (Å²) in [5.74, 6) is 0. The van der Waals surface area contributed by atoms with E-state index in [4.69, 9.17) is 0 Å². The molecule has 0 bridgehead atoms. The van der Waals surface area contributed by atoms with Gasteiger partial charge >= 0.3 is 0 Å². The first-order chi connectivity index (χ1) is 11.7. The maximum Gasteiger partial charge on any atom is 0.212 e. The zero-order chi connectivity index (χ0) is 16.5. The Morgan fingerprint density at radius 2 is 1.72 bits per heavy atom. The molecular formula is C21H19IN2S. The maximum absolute atomic E-state index is 2.24. The number of allylic oxidation sites excluding steroid dienone is 2. The van der Waals surface area contributed by atoms with E-state index in [2.05, 4.69) is 102 Å². The lowest BCUT2D eigenvalue weighted by Gasteiger charge is -2.12. The second-order valence-electron chi connectivity index (χ2n) is 5.87. The third-order valence-corrected chi connectivity index (χ3v) is 5.58. The highest BCUT2D eigenvalue weighted by molar-refractivity contribution is 8.03. The van der Waals surface area contributed by atoms with E-state index in [0.717, 1.165) is 0 Å². The second-order valence-corrected chi connectivity index (χ2v) is 6.93. The lowest BCUT2D eigenvalue weighted by Crippen LogP contribution is -3.00. The van der Waals surface area contributed by atoms with Gasteiger partial charge in [0, 0.05) is 35.5 Å². The van der Waals surface area contributed by atoms with Crippen LogP contribution in [0.15, 0.2) is 82.7 Å². The van der Waals surface area contributed by atoms with Crippen molar-refractivity contribution in [3.05, 3.63) is 83.5 Å². The number of hydrogen-bond donors (Lipinski definition) is 0. The van der Waals surface area contributed by atoms with Crippen molar-refractivity contribution >= 4 is 34.4 Å². The van der Waals surface area contributed by atoms with Gasteiger partial charge in [-0.05, 0) is 30.3 Å². The summed E-state index contributed by atoms with van der Waals surface area (Å²) in [6.45, 7) is 0. The molecule has 0 saturated carbocycles. The molecule has 0 unspecified atom stereocenters. The molecule has 0 N–H and O–H groups in total. The van der Waals surface area contributed by atoms with Crippen molar-refractivity contribution in [2.45, 2.75) is 4.90 Å². The van der Waals surface area contributed by atoms with E-state index in [1.165, 1.54) is 32.2 Å². The molecule has 2 nitrogen and oxygen atoms in total. The van der Waals surface area contributed by atoms with Gasteiger partial charge in [-0.25, -0.2) is 0 Å². The van der Waals surface area contributed by atoms with Crippen LogP contribution < -0.4 is 33.4 Å².